The van der Waals surface area contributed by atoms with E-state index in [0.717, 1.165) is 31.0 Å². The van der Waals surface area contributed by atoms with Crippen molar-refractivity contribution in [1.82, 2.24) is 14.5 Å². The van der Waals surface area contributed by atoms with Gasteiger partial charge in [-0.05, 0) is 24.5 Å². The third kappa shape index (κ3) is 2.77. The Morgan fingerprint density at radius 1 is 1.43 bits per heavy atom. The van der Waals surface area contributed by atoms with Gasteiger partial charge < -0.3 is 14.8 Å². The molecule has 0 unspecified atom stereocenters. The number of rotatable bonds is 3. The molecule has 3 rings (SSSR count). The molecule has 1 aliphatic rings. The summed E-state index contributed by atoms with van der Waals surface area (Å²) in [6.07, 6.45) is 2.91. The molecule has 0 radical (unpaired) electrons. The van der Waals surface area contributed by atoms with Gasteiger partial charge in [0.05, 0.1) is 0 Å². The summed E-state index contributed by atoms with van der Waals surface area (Å²) in [7, 11) is 1.82. The van der Waals surface area contributed by atoms with E-state index in [9.17, 15) is 4.79 Å². The number of hydrogen-bond donors (Lipinski definition) is 1. The molecule has 5 heteroatoms. The van der Waals surface area contributed by atoms with Gasteiger partial charge >= 0.3 is 0 Å². The van der Waals surface area contributed by atoms with Crippen LogP contribution >= 0.6 is 0 Å². The van der Waals surface area contributed by atoms with Crippen LogP contribution in [0.1, 0.15) is 28.0 Å². The fourth-order valence-corrected chi connectivity index (χ4v) is 2.59. The summed E-state index contributed by atoms with van der Waals surface area (Å²) >= 11 is 0. The molecule has 0 atom stereocenters. The number of carbonyl (C=O) groups excluding carboxylic acids is 1. The first-order valence-electron chi connectivity index (χ1n) is 7.26. The molecule has 1 aliphatic heterocycles. The summed E-state index contributed by atoms with van der Waals surface area (Å²) in [5, 5.41) is 3.22. The number of hydrogen-bond acceptors (Lipinski definition) is 3. The zero-order valence-electron chi connectivity index (χ0n) is 12.5. The number of amides is 1. The molecular formula is C16H20N4O. The summed E-state index contributed by atoms with van der Waals surface area (Å²) in [5.74, 6) is 0.760. The fraction of sp³-hybridized carbons (Fsp3) is 0.375. The maximum Gasteiger partial charge on any atom is 0.274 e. The van der Waals surface area contributed by atoms with Gasteiger partial charge in [0.15, 0.2) is 0 Å². The van der Waals surface area contributed by atoms with Gasteiger partial charge in [-0.1, -0.05) is 24.3 Å². The van der Waals surface area contributed by atoms with E-state index in [2.05, 4.69) is 29.4 Å². The lowest BCUT2D eigenvalue weighted by Crippen LogP contribution is -2.26. The van der Waals surface area contributed by atoms with Crippen molar-refractivity contribution in [1.29, 1.82) is 0 Å². The first kappa shape index (κ1) is 13.7. The van der Waals surface area contributed by atoms with E-state index in [1.807, 2.05) is 29.9 Å². The predicted octanol–water partition coefficient (Wildman–Crippen LogP) is 2.28. The van der Waals surface area contributed by atoms with Gasteiger partial charge in [-0.3, -0.25) is 4.79 Å². The van der Waals surface area contributed by atoms with Crippen LogP contribution in [0.25, 0.3) is 0 Å². The first-order chi connectivity index (χ1) is 10.1. The average molecular weight is 284 g/mol. The van der Waals surface area contributed by atoms with Gasteiger partial charge in [-0.25, -0.2) is 4.98 Å². The van der Waals surface area contributed by atoms with Crippen molar-refractivity contribution in [2.45, 2.75) is 26.4 Å². The average Bonchev–Trinajstić information content (AvgIpc) is 2.92. The molecule has 5 nitrogen and oxygen atoms in total. The van der Waals surface area contributed by atoms with Crippen LogP contribution in [0.15, 0.2) is 30.5 Å². The van der Waals surface area contributed by atoms with E-state index in [0.29, 0.717) is 12.2 Å². The minimum atomic E-state index is -0.0399. The molecule has 1 aromatic heterocycles. The molecule has 0 saturated carbocycles. The Hall–Kier alpha value is -2.30. The predicted molar refractivity (Wildman–Crippen MR) is 82.3 cm³/mol. The van der Waals surface area contributed by atoms with Crippen molar-refractivity contribution in [3.63, 3.8) is 0 Å². The van der Waals surface area contributed by atoms with Gasteiger partial charge in [0.25, 0.3) is 5.91 Å². The zero-order chi connectivity index (χ0) is 14.8. The summed E-state index contributed by atoms with van der Waals surface area (Å²) < 4.78 is 2.01. The second-order valence-electron chi connectivity index (χ2n) is 5.51. The van der Waals surface area contributed by atoms with Crippen LogP contribution in [0.4, 0.5) is 5.95 Å². The Bertz CT molecular complexity index is 639. The second kappa shape index (κ2) is 5.60. The third-order valence-electron chi connectivity index (χ3n) is 3.87. The van der Waals surface area contributed by atoms with Crippen LogP contribution in [-0.2, 0) is 13.1 Å². The number of imidazole rings is 1. The monoisotopic (exact) mass is 284 g/mol. The Labute approximate surface area is 124 Å². The molecular weight excluding hydrogens is 264 g/mol. The summed E-state index contributed by atoms with van der Waals surface area (Å²) in [6.45, 7) is 4.50. The van der Waals surface area contributed by atoms with Crippen molar-refractivity contribution in [3.05, 3.63) is 47.3 Å². The number of benzene rings is 1. The van der Waals surface area contributed by atoms with E-state index in [4.69, 9.17) is 0 Å². The van der Waals surface area contributed by atoms with Gasteiger partial charge in [0.2, 0.25) is 5.95 Å². The molecule has 0 spiro atoms. The molecule has 21 heavy (non-hydrogen) atoms. The number of carbonyl (C=O) groups is 1. The first-order valence-corrected chi connectivity index (χ1v) is 7.26. The van der Waals surface area contributed by atoms with Crippen molar-refractivity contribution in [2.24, 2.45) is 0 Å². The smallest absolute Gasteiger partial charge is 0.274 e. The van der Waals surface area contributed by atoms with Crippen molar-refractivity contribution in [2.75, 3.05) is 18.9 Å². The quantitative estimate of drug-likeness (QED) is 0.940. The van der Waals surface area contributed by atoms with Crippen LogP contribution in [-0.4, -0.2) is 34.0 Å². The number of aromatic nitrogens is 2. The molecule has 2 heterocycles. The van der Waals surface area contributed by atoms with E-state index < -0.39 is 0 Å². The minimum absolute atomic E-state index is 0.0399. The van der Waals surface area contributed by atoms with E-state index in [1.165, 1.54) is 5.56 Å². The Morgan fingerprint density at radius 2 is 2.24 bits per heavy atom. The Balaban J connectivity index is 1.75. The maximum absolute atomic E-state index is 12.5. The molecule has 1 aromatic carbocycles. The van der Waals surface area contributed by atoms with Crippen LogP contribution in [0, 0.1) is 6.92 Å². The van der Waals surface area contributed by atoms with Crippen molar-refractivity contribution >= 4 is 11.9 Å². The van der Waals surface area contributed by atoms with Crippen molar-refractivity contribution < 1.29 is 4.79 Å². The van der Waals surface area contributed by atoms with Crippen molar-refractivity contribution in [3.8, 4) is 0 Å². The zero-order valence-corrected chi connectivity index (χ0v) is 12.5. The summed E-state index contributed by atoms with van der Waals surface area (Å²) in [4.78, 5) is 18.6. The standard InChI is InChI=1S/C16H20N4O/c1-12-6-3-4-7-13(12)10-19(2)15(21)14-11-20-9-5-8-17-16(20)18-14/h3-4,6-7,11H,5,8-10H2,1-2H3,(H,17,18). The lowest BCUT2D eigenvalue weighted by atomic mass is 10.1. The number of nitrogens with one attached hydrogen (secondary N) is 1. The molecule has 1 amide bonds. The Kier molecular flexibility index (Phi) is 3.64. The van der Waals surface area contributed by atoms with Gasteiger partial charge in [0.1, 0.15) is 5.69 Å². The maximum atomic E-state index is 12.5. The number of nitrogens with zero attached hydrogens (tertiary/aromatic N) is 3. The number of anilines is 1. The van der Waals surface area contributed by atoms with E-state index in [1.54, 1.807) is 4.90 Å². The van der Waals surface area contributed by atoms with Gasteiger partial charge in [-0.15, -0.1) is 0 Å². The fourth-order valence-electron chi connectivity index (χ4n) is 2.59. The molecule has 2 aromatic rings. The van der Waals surface area contributed by atoms with Crippen LogP contribution in [0.5, 0.6) is 0 Å². The SMILES string of the molecule is Cc1ccccc1CN(C)C(=O)c1cn2c(n1)NCCC2. The second-order valence-corrected chi connectivity index (χ2v) is 5.51. The van der Waals surface area contributed by atoms with Gasteiger partial charge in [-0.2, -0.15) is 0 Å². The highest BCUT2D eigenvalue weighted by molar-refractivity contribution is 5.92. The highest BCUT2D eigenvalue weighted by atomic mass is 16.2. The largest absolute Gasteiger partial charge is 0.356 e. The third-order valence-corrected chi connectivity index (χ3v) is 3.87. The molecule has 0 fully saturated rings. The molecule has 0 aliphatic carbocycles. The topological polar surface area (TPSA) is 50.2 Å². The normalized spacial score (nSPS) is 13.4. The van der Waals surface area contributed by atoms with Crippen LogP contribution in [0.3, 0.4) is 0 Å². The molecule has 0 saturated heterocycles. The molecule has 110 valence electrons. The molecule has 1 N–H and O–H groups in total. The van der Waals surface area contributed by atoms with E-state index in [-0.39, 0.29) is 5.91 Å². The Morgan fingerprint density at radius 3 is 3.00 bits per heavy atom. The van der Waals surface area contributed by atoms with Crippen LogP contribution in [0.2, 0.25) is 0 Å². The van der Waals surface area contributed by atoms with Crippen LogP contribution < -0.4 is 5.32 Å². The highest BCUT2D eigenvalue weighted by Crippen LogP contribution is 2.16. The number of fused-ring (bicyclic) bond motifs is 1. The lowest BCUT2D eigenvalue weighted by molar-refractivity contribution is 0.0779. The summed E-state index contributed by atoms with van der Waals surface area (Å²) in [5.41, 5.74) is 2.87. The number of aryl methyl sites for hydroxylation is 2. The van der Waals surface area contributed by atoms with Gasteiger partial charge in [0, 0.05) is 32.9 Å². The highest BCUT2D eigenvalue weighted by Gasteiger charge is 2.19. The molecule has 0 bridgehead atoms. The lowest BCUT2D eigenvalue weighted by Gasteiger charge is -2.17. The van der Waals surface area contributed by atoms with E-state index >= 15 is 0 Å². The summed E-state index contributed by atoms with van der Waals surface area (Å²) in [6, 6.07) is 8.13. The minimum Gasteiger partial charge on any atom is -0.356 e.